The number of hydrogen-bond acceptors (Lipinski definition) is 6. The highest BCUT2D eigenvalue weighted by Crippen LogP contribution is 2.45. The van der Waals surface area contributed by atoms with Crippen molar-refractivity contribution < 1.29 is 9.59 Å². The van der Waals surface area contributed by atoms with Crippen LogP contribution in [0.4, 0.5) is 0 Å². The molecule has 2 atom stereocenters. The first-order chi connectivity index (χ1) is 18.4. The van der Waals surface area contributed by atoms with Crippen LogP contribution in [0.15, 0.2) is 77.3 Å². The minimum absolute atomic E-state index is 0.0705. The first-order valence-corrected chi connectivity index (χ1v) is 14.3. The van der Waals surface area contributed by atoms with Crippen LogP contribution in [0.5, 0.6) is 0 Å². The van der Waals surface area contributed by atoms with Crippen LogP contribution in [0.3, 0.4) is 0 Å². The molecule has 0 aliphatic carbocycles. The van der Waals surface area contributed by atoms with Crippen LogP contribution in [0.25, 0.3) is 16.9 Å². The van der Waals surface area contributed by atoms with Gasteiger partial charge >= 0.3 is 0 Å². The average molecular weight is 585 g/mol. The van der Waals surface area contributed by atoms with Gasteiger partial charge in [-0.1, -0.05) is 35.3 Å². The smallest absolute Gasteiger partial charge is 0.258 e. The number of likely N-dealkylation sites (N-methyl/N-ethyl adjacent to an activating group) is 1. The second-order valence-electron chi connectivity index (χ2n) is 8.54. The molecule has 1 aliphatic heterocycles. The Hall–Kier alpha value is -3.11. The highest BCUT2D eigenvalue weighted by Gasteiger charge is 2.30. The average Bonchev–Trinajstić information content (AvgIpc) is 3.70. The van der Waals surface area contributed by atoms with Gasteiger partial charge in [0.2, 0.25) is 5.91 Å². The predicted molar refractivity (Wildman–Crippen MR) is 154 cm³/mol. The lowest BCUT2D eigenvalue weighted by molar-refractivity contribution is -0.126. The number of carbonyl (C=O) groups is 2. The van der Waals surface area contributed by atoms with Gasteiger partial charge in [0.05, 0.1) is 37.3 Å². The van der Waals surface area contributed by atoms with Crippen molar-refractivity contribution in [2.75, 3.05) is 7.05 Å². The Kier molecular flexibility index (Phi) is 8.18. The quantitative estimate of drug-likeness (QED) is 0.272. The molecular weight excluding hydrogens is 561 g/mol. The Morgan fingerprint density at radius 3 is 2.74 bits per heavy atom. The van der Waals surface area contributed by atoms with Crippen molar-refractivity contribution in [1.82, 2.24) is 25.4 Å². The summed E-state index contributed by atoms with van der Waals surface area (Å²) in [7, 11) is 1.57. The van der Waals surface area contributed by atoms with Crippen LogP contribution in [0, 0.1) is 0 Å². The van der Waals surface area contributed by atoms with E-state index in [1.54, 1.807) is 42.9 Å². The van der Waals surface area contributed by atoms with Gasteiger partial charge in [-0.25, -0.2) is 4.68 Å². The monoisotopic (exact) mass is 583 g/mol. The third kappa shape index (κ3) is 5.81. The van der Waals surface area contributed by atoms with E-state index in [0.717, 1.165) is 27.5 Å². The summed E-state index contributed by atoms with van der Waals surface area (Å²) in [6.07, 6.45) is 6.45. The normalized spacial score (nSPS) is 15.7. The van der Waals surface area contributed by atoms with Gasteiger partial charge in [0.15, 0.2) is 0 Å². The van der Waals surface area contributed by atoms with Gasteiger partial charge in [-0.3, -0.25) is 14.6 Å². The molecule has 38 heavy (non-hydrogen) atoms. The summed E-state index contributed by atoms with van der Waals surface area (Å²) in [6, 6.07) is 14.4. The fourth-order valence-corrected chi connectivity index (χ4v) is 6.33. The molecule has 194 valence electrons. The molecule has 4 aromatic rings. The van der Waals surface area contributed by atoms with Crippen molar-refractivity contribution in [3.8, 4) is 16.9 Å². The molecular formula is C27H23Cl2N5O2S2. The molecule has 7 nitrogen and oxygen atoms in total. The Morgan fingerprint density at radius 2 is 2.03 bits per heavy atom. The lowest BCUT2D eigenvalue weighted by Gasteiger charge is -2.17. The lowest BCUT2D eigenvalue weighted by Crippen LogP contribution is -2.47. The summed E-state index contributed by atoms with van der Waals surface area (Å²) in [5.41, 5.74) is 3.31. The lowest BCUT2D eigenvalue weighted by atomic mass is 10.1. The van der Waals surface area contributed by atoms with Crippen LogP contribution < -0.4 is 10.6 Å². The van der Waals surface area contributed by atoms with E-state index in [9.17, 15) is 9.59 Å². The number of allylic oxidation sites excluding steroid dienone is 1. The number of thioether (sulfide) groups is 1. The summed E-state index contributed by atoms with van der Waals surface area (Å²) in [5, 5.41) is 13.2. The molecule has 1 aromatic carbocycles. The number of nitrogens with zero attached hydrogens (tertiary/aromatic N) is 3. The van der Waals surface area contributed by atoms with E-state index in [0.29, 0.717) is 27.8 Å². The van der Waals surface area contributed by atoms with Crippen LogP contribution in [-0.4, -0.2) is 39.7 Å². The van der Waals surface area contributed by atoms with E-state index in [4.69, 9.17) is 28.3 Å². The van der Waals surface area contributed by atoms with Gasteiger partial charge < -0.3 is 10.6 Å². The Labute approximate surface area is 238 Å². The first kappa shape index (κ1) is 26.5. The molecule has 1 aliphatic rings. The molecule has 0 bridgehead atoms. The summed E-state index contributed by atoms with van der Waals surface area (Å²) in [6.45, 7) is 0. The summed E-state index contributed by atoms with van der Waals surface area (Å²) in [4.78, 5) is 31.5. The third-order valence-electron chi connectivity index (χ3n) is 6.04. The number of rotatable bonds is 8. The zero-order valence-corrected chi connectivity index (χ0v) is 23.4. The Morgan fingerprint density at radius 1 is 1.16 bits per heavy atom. The molecule has 2 amide bonds. The SMILES string of the molecule is CNC(=O)[C@H](Cc1cccs1)NC(=O)C1=CCC(c2cc(-c3cccnc3)nn2-c2ccc(Cl)c(Cl)c2)S1. The maximum atomic E-state index is 13.2. The van der Waals surface area contributed by atoms with Crippen LogP contribution >= 0.6 is 46.3 Å². The van der Waals surface area contributed by atoms with E-state index in [1.807, 2.05) is 52.5 Å². The molecule has 2 N–H and O–H groups in total. The van der Waals surface area contributed by atoms with Gasteiger partial charge in [0, 0.05) is 36.3 Å². The largest absolute Gasteiger partial charge is 0.357 e. The molecule has 0 fully saturated rings. The van der Waals surface area contributed by atoms with Crippen molar-refractivity contribution >= 4 is 58.1 Å². The van der Waals surface area contributed by atoms with Gasteiger partial charge in [-0.2, -0.15) is 5.10 Å². The molecule has 11 heteroatoms. The van der Waals surface area contributed by atoms with Crippen molar-refractivity contribution in [1.29, 1.82) is 0 Å². The van der Waals surface area contributed by atoms with Gasteiger partial charge in [-0.05, 0) is 54.3 Å². The van der Waals surface area contributed by atoms with E-state index < -0.39 is 6.04 Å². The number of pyridine rings is 1. The Balaban J connectivity index is 1.39. The second kappa shape index (κ2) is 11.7. The number of amides is 2. The molecule has 0 saturated carbocycles. The molecule has 5 rings (SSSR count). The number of aromatic nitrogens is 3. The van der Waals surface area contributed by atoms with E-state index in [-0.39, 0.29) is 17.1 Å². The van der Waals surface area contributed by atoms with Crippen molar-refractivity contribution in [2.45, 2.75) is 24.1 Å². The van der Waals surface area contributed by atoms with E-state index >= 15 is 0 Å². The zero-order valence-electron chi connectivity index (χ0n) is 20.2. The predicted octanol–water partition coefficient (Wildman–Crippen LogP) is 5.84. The fraction of sp³-hybridized carbons (Fsp3) is 0.185. The van der Waals surface area contributed by atoms with Gasteiger partial charge in [0.25, 0.3) is 5.91 Å². The molecule has 0 spiro atoms. The first-order valence-electron chi connectivity index (χ1n) is 11.8. The minimum atomic E-state index is -0.661. The molecule has 4 heterocycles. The number of halogens is 2. The van der Waals surface area contributed by atoms with Crippen LogP contribution in [0.2, 0.25) is 10.0 Å². The molecule has 0 saturated heterocycles. The number of nitrogens with one attached hydrogen (secondary N) is 2. The topological polar surface area (TPSA) is 88.9 Å². The highest BCUT2D eigenvalue weighted by atomic mass is 35.5. The third-order valence-corrected chi connectivity index (χ3v) is 9.00. The molecule has 1 unspecified atom stereocenters. The van der Waals surface area contributed by atoms with E-state index in [1.165, 1.54) is 11.8 Å². The minimum Gasteiger partial charge on any atom is -0.357 e. The second-order valence-corrected chi connectivity index (χ2v) is 11.6. The highest BCUT2D eigenvalue weighted by molar-refractivity contribution is 8.04. The van der Waals surface area contributed by atoms with Crippen molar-refractivity contribution in [3.63, 3.8) is 0 Å². The number of benzene rings is 1. The molecule has 0 radical (unpaired) electrons. The summed E-state index contributed by atoms with van der Waals surface area (Å²) in [5.74, 6) is -0.499. The van der Waals surface area contributed by atoms with Crippen LogP contribution in [-0.2, 0) is 16.0 Å². The molecule has 3 aromatic heterocycles. The number of carbonyl (C=O) groups excluding carboxylic acids is 2. The van der Waals surface area contributed by atoms with Crippen molar-refractivity contribution in [3.05, 3.63) is 97.9 Å². The standard InChI is InChI=1S/C27H23Cl2N5O2S2/c1-30-26(35)22(13-18-5-3-11-37-18)32-27(36)25-9-8-24(38-25)23-14-21(16-4-2-10-31-15-16)33-34(23)17-6-7-19(28)20(29)12-17/h2-7,9-12,14-15,22,24H,8,13H2,1H3,(H,30,35)(H,32,36)/t22-,24?/m0/s1. The summed E-state index contributed by atoms with van der Waals surface area (Å²) >= 11 is 15.5. The maximum Gasteiger partial charge on any atom is 0.258 e. The van der Waals surface area contributed by atoms with Gasteiger partial charge in [0.1, 0.15) is 6.04 Å². The number of hydrogen-bond donors (Lipinski definition) is 2. The maximum absolute atomic E-state index is 13.2. The van der Waals surface area contributed by atoms with Crippen LogP contribution in [0.1, 0.15) is 22.2 Å². The van der Waals surface area contributed by atoms with Gasteiger partial charge in [-0.15, -0.1) is 23.1 Å². The van der Waals surface area contributed by atoms with Crippen molar-refractivity contribution in [2.24, 2.45) is 0 Å². The summed E-state index contributed by atoms with van der Waals surface area (Å²) < 4.78 is 1.83. The van der Waals surface area contributed by atoms with E-state index in [2.05, 4.69) is 15.6 Å². The fourth-order valence-electron chi connectivity index (χ4n) is 4.14. The zero-order chi connectivity index (χ0) is 26.6. The Bertz CT molecular complexity index is 1490. The number of thiophene rings is 1.